The Bertz CT molecular complexity index is 654. The third-order valence-electron chi connectivity index (χ3n) is 2.79. The molecule has 20 heavy (non-hydrogen) atoms. The number of nitrogens with two attached hydrogens (primary N) is 1. The molecule has 2 aromatic rings. The molecule has 3 nitrogen and oxygen atoms in total. The quantitative estimate of drug-likeness (QED) is 0.869. The van der Waals surface area contributed by atoms with Gasteiger partial charge in [-0.25, -0.2) is 0 Å². The van der Waals surface area contributed by atoms with E-state index in [1.54, 1.807) is 0 Å². The predicted octanol–water partition coefficient (Wildman–Crippen LogP) is 2.59. The molecule has 1 aromatic heterocycles. The van der Waals surface area contributed by atoms with Crippen molar-refractivity contribution in [3.63, 3.8) is 0 Å². The summed E-state index contributed by atoms with van der Waals surface area (Å²) in [6.45, 7) is 4.87. The van der Waals surface area contributed by atoms with E-state index in [1.165, 1.54) is 0 Å². The van der Waals surface area contributed by atoms with E-state index < -0.39 is 0 Å². The van der Waals surface area contributed by atoms with Gasteiger partial charge in [0.05, 0.1) is 12.1 Å². The van der Waals surface area contributed by atoms with Crippen molar-refractivity contribution in [3.05, 3.63) is 58.9 Å². The molecule has 102 valence electrons. The molecule has 3 heteroatoms. The number of aromatic nitrogens is 1. The summed E-state index contributed by atoms with van der Waals surface area (Å²) in [5.41, 5.74) is 9.61. The lowest BCUT2D eigenvalue weighted by Gasteiger charge is -2.09. The molecule has 0 aliphatic carbocycles. The Hall–Kier alpha value is -2.31. The topological polar surface area (TPSA) is 48.1 Å². The summed E-state index contributed by atoms with van der Waals surface area (Å²) in [5.74, 6) is 6.69. The average molecular weight is 266 g/mol. The summed E-state index contributed by atoms with van der Waals surface area (Å²) in [6.07, 6.45) is 3.64. The van der Waals surface area contributed by atoms with Crippen molar-refractivity contribution in [2.24, 2.45) is 5.73 Å². The molecule has 0 radical (unpaired) electrons. The lowest BCUT2D eigenvalue weighted by molar-refractivity contribution is 0.305. The van der Waals surface area contributed by atoms with Gasteiger partial charge < -0.3 is 10.5 Å². The molecule has 0 saturated carbocycles. The lowest BCUT2D eigenvalue weighted by atomic mass is 10.1. The zero-order chi connectivity index (χ0) is 14.4. The van der Waals surface area contributed by atoms with Gasteiger partial charge in [0.2, 0.25) is 0 Å². The highest BCUT2D eigenvalue weighted by Gasteiger charge is 2.03. The Kier molecular flexibility index (Phi) is 4.75. The van der Waals surface area contributed by atoms with Crippen molar-refractivity contribution in [2.45, 2.75) is 20.5 Å². The van der Waals surface area contributed by atoms with Gasteiger partial charge in [0.25, 0.3) is 0 Å². The highest BCUT2D eigenvalue weighted by molar-refractivity contribution is 5.48. The van der Waals surface area contributed by atoms with Crippen LogP contribution >= 0.6 is 0 Å². The summed E-state index contributed by atoms with van der Waals surface area (Å²) in [6, 6.07) is 8.02. The Morgan fingerprint density at radius 1 is 1.15 bits per heavy atom. The predicted molar refractivity (Wildman–Crippen MR) is 80.4 cm³/mol. The first-order valence-electron chi connectivity index (χ1n) is 6.52. The monoisotopic (exact) mass is 266 g/mol. The number of hydrogen-bond donors (Lipinski definition) is 1. The molecule has 0 amide bonds. The minimum atomic E-state index is 0.342. The summed E-state index contributed by atoms with van der Waals surface area (Å²) in [5, 5.41) is 0. The van der Waals surface area contributed by atoms with E-state index in [9.17, 15) is 0 Å². The van der Waals surface area contributed by atoms with Crippen LogP contribution in [-0.2, 0) is 6.61 Å². The van der Waals surface area contributed by atoms with E-state index in [1.807, 2.05) is 44.4 Å². The first-order valence-corrected chi connectivity index (χ1v) is 6.52. The van der Waals surface area contributed by atoms with Crippen molar-refractivity contribution in [3.8, 4) is 17.6 Å². The number of aryl methyl sites for hydroxylation is 2. The van der Waals surface area contributed by atoms with E-state index in [0.717, 1.165) is 28.0 Å². The zero-order valence-corrected chi connectivity index (χ0v) is 11.8. The van der Waals surface area contributed by atoms with Crippen molar-refractivity contribution in [1.29, 1.82) is 0 Å². The minimum absolute atomic E-state index is 0.342. The third-order valence-corrected chi connectivity index (χ3v) is 2.79. The van der Waals surface area contributed by atoms with Gasteiger partial charge in [-0.05, 0) is 43.2 Å². The van der Waals surface area contributed by atoms with Gasteiger partial charge in [-0.3, -0.25) is 4.98 Å². The molecule has 0 saturated heterocycles. The molecule has 0 fully saturated rings. The van der Waals surface area contributed by atoms with Gasteiger partial charge in [-0.15, -0.1) is 0 Å². The van der Waals surface area contributed by atoms with Crippen molar-refractivity contribution >= 4 is 0 Å². The number of nitrogens with zero attached hydrogens (tertiary/aromatic N) is 1. The highest BCUT2D eigenvalue weighted by Crippen LogP contribution is 2.20. The van der Waals surface area contributed by atoms with Crippen LogP contribution in [0.5, 0.6) is 5.75 Å². The normalized spacial score (nSPS) is 9.75. The van der Waals surface area contributed by atoms with E-state index >= 15 is 0 Å². The minimum Gasteiger partial charge on any atom is -0.488 e. The van der Waals surface area contributed by atoms with Crippen LogP contribution in [0.25, 0.3) is 0 Å². The summed E-state index contributed by atoms with van der Waals surface area (Å²) >= 11 is 0. The highest BCUT2D eigenvalue weighted by atomic mass is 16.5. The van der Waals surface area contributed by atoms with Gasteiger partial charge >= 0.3 is 0 Å². The maximum Gasteiger partial charge on any atom is 0.135 e. The number of ether oxygens (including phenoxy) is 1. The standard InChI is InChI=1S/C17H18N2O/c1-13-5-6-17(16(9-13)4-3-7-18)20-12-15-8-14(2)10-19-11-15/h5-6,8-11H,7,12,18H2,1-2H3. The van der Waals surface area contributed by atoms with Crippen LogP contribution in [0.3, 0.4) is 0 Å². The maximum absolute atomic E-state index is 5.85. The number of benzene rings is 1. The number of hydrogen-bond acceptors (Lipinski definition) is 3. The summed E-state index contributed by atoms with van der Waals surface area (Å²) in [7, 11) is 0. The SMILES string of the molecule is Cc1cncc(COc2ccc(C)cc2C#CCN)c1. The van der Waals surface area contributed by atoms with Crippen LogP contribution in [0.4, 0.5) is 0 Å². The van der Waals surface area contributed by atoms with Crippen LogP contribution in [0, 0.1) is 25.7 Å². The van der Waals surface area contributed by atoms with Crippen LogP contribution in [0.15, 0.2) is 36.7 Å². The maximum atomic E-state index is 5.85. The van der Waals surface area contributed by atoms with E-state index in [4.69, 9.17) is 10.5 Å². The van der Waals surface area contributed by atoms with E-state index in [0.29, 0.717) is 13.2 Å². The Balaban J connectivity index is 2.16. The lowest BCUT2D eigenvalue weighted by Crippen LogP contribution is -1.99. The fourth-order valence-electron chi connectivity index (χ4n) is 1.87. The number of rotatable bonds is 3. The van der Waals surface area contributed by atoms with Gasteiger partial charge in [0.15, 0.2) is 0 Å². The zero-order valence-electron chi connectivity index (χ0n) is 11.8. The van der Waals surface area contributed by atoms with E-state index in [-0.39, 0.29) is 0 Å². The molecule has 0 spiro atoms. The van der Waals surface area contributed by atoms with Crippen LogP contribution in [0.1, 0.15) is 22.3 Å². The molecule has 0 unspecified atom stereocenters. The third kappa shape index (κ3) is 3.84. The van der Waals surface area contributed by atoms with Crippen LogP contribution in [-0.4, -0.2) is 11.5 Å². The van der Waals surface area contributed by atoms with E-state index in [2.05, 4.69) is 22.9 Å². The van der Waals surface area contributed by atoms with Crippen molar-refractivity contribution in [1.82, 2.24) is 4.98 Å². The largest absolute Gasteiger partial charge is 0.488 e. The molecular weight excluding hydrogens is 248 g/mol. The van der Waals surface area contributed by atoms with Gasteiger partial charge in [0, 0.05) is 18.0 Å². The average Bonchev–Trinajstić information content (AvgIpc) is 2.44. The van der Waals surface area contributed by atoms with Gasteiger partial charge in [0.1, 0.15) is 12.4 Å². The first-order chi connectivity index (χ1) is 9.69. The second kappa shape index (κ2) is 6.74. The van der Waals surface area contributed by atoms with Crippen LogP contribution < -0.4 is 10.5 Å². The molecule has 0 aliphatic rings. The van der Waals surface area contributed by atoms with Gasteiger partial charge in [-0.1, -0.05) is 17.9 Å². The summed E-state index contributed by atoms with van der Waals surface area (Å²) in [4.78, 5) is 4.16. The molecule has 1 aromatic carbocycles. The molecular formula is C17H18N2O. The Morgan fingerprint density at radius 2 is 2.00 bits per heavy atom. The second-order valence-electron chi connectivity index (χ2n) is 4.66. The molecule has 0 bridgehead atoms. The first kappa shape index (κ1) is 14.1. The Labute approximate surface area is 119 Å². The number of pyridine rings is 1. The Morgan fingerprint density at radius 3 is 2.75 bits per heavy atom. The smallest absolute Gasteiger partial charge is 0.135 e. The summed E-state index contributed by atoms with van der Waals surface area (Å²) < 4.78 is 5.85. The fraction of sp³-hybridized carbons (Fsp3) is 0.235. The molecule has 0 atom stereocenters. The molecule has 1 heterocycles. The van der Waals surface area contributed by atoms with Crippen molar-refractivity contribution in [2.75, 3.05) is 6.54 Å². The molecule has 2 rings (SSSR count). The van der Waals surface area contributed by atoms with Gasteiger partial charge in [-0.2, -0.15) is 0 Å². The van der Waals surface area contributed by atoms with Crippen molar-refractivity contribution < 1.29 is 4.74 Å². The fourth-order valence-corrected chi connectivity index (χ4v) is 1.87. The molecule has 0 aliphatic heterocycles. The second-order valence-corrected chi connectivity index (χ2v) is 4.66. The van der Waals surface area contributed by atoms with Crippen LogP contribution in [0.2, 0.25) is 0 Å². The molecule has 2 N–H and O–H groups in total.